The van der Waals surface area contributed by atoms with Gasteiger partial charge in [0.1, 0.15) is 6.54 Å². The maximum Gasteiger partial charge on any atom is 0.239 e. The van der Waals surface area contributed by atoms with E-state index in [0.717, 1.165) is 0 Å². The molecule has 1 aliphatic heterocycles. The van der Waals surface area contributed by atoms with E-state index < -0.39 is 6.10 Å². The highest BCUT2D eigenvalue weighted by Crippen LogP contribution is 2.13. The van der Waals surface area contributed by atoms with Gasteiger partial charge in [0.05, 0.1) is 17.7 Å². The lowest BCUT2D eigenvalue weighted by molar-refractivity contribution is -0.132. The Labute approximate surface area is 93.2 Å². The minimum Gasteiger partial charge on any atom is -0.391 e. The zero-order chi connectivity index (χ0) is 11.3. The van der Waals surface area contributed by atoms with Gasteiger partial charge >= 0.3 is 0 Å². The predicted molar refractivity (Wildman–Crippen MR) is 58.3 cm³/mol. The minimum absolute atomic E-state index is 0.00573. The van der Waals surface area contributed by atoms with E-state index in [-0.39, 0.29) is 24.9 Å². The van der Waals surface area contributed by atoms with Gasteiger partial charge in [-0.05, 0) is 6.42 Å². The molecular formula is C9H16N2O3S. The second-order valence-electron chi connectivity index (χ2n) is 3.44. The van der Waals surface area contributed by atoms with Crippen molar-refractivity contribution in [2.75, 3.05) is 24.7 Å². The molecule has 0 saturated carbocycles. The van der Waals surface area contributed by atoms with Gasteiger partial charge < -0.3 is 15.3 Å². The lowest BCUT2D eigenvalue weighted by Crippen LogP contribution is -2.40. The summed E-state index contributed by atoms with van der Waals surface area (Å²) < 4.78 is 0. The van der Waals surface area contributed by atoms with Crippen molar-refractivity contribution in [1.82, 2.24) is 10.2 Å². The van der Waals surface area contributed by atoms with Crippen LogP contribution in [0.25, 0.3) is 0 Å². The van der Waals surface area contributed by atoms with Crippen LogP contribution in [0.2, 0.25) is 0 Å². The largest absolute Gasteiger partial charge is 0.391 e. The van der Waals surface area contributed by atoms with Crippen molar-refractivity contribution in [2.24, 2.45) is 0 Å². The number of aliphatic hydroxyl groups is 1. The molecule has 15 heavy (non-hydrogen) atoms. The Balaban J connectivity index is 2.21. The van der Waals surface area contributed by atoms with Crippen molar-refractivity contribution >= 4 is 23.6 Å². The molecule has 2 amide bonds. The molecule has 5 nitrogen and oxygen atoms in total. The molecule has 0 aliphatic carbocycles. The molecule has 1 saturated heterocycles. The molecule has 0 aromatic rings. The summed E-state index contributed by atoms with van der Waals surface area (Å²) in [4.78, 5) is 24.0. The van der Waals surface area contributed by atoms with Gasteiger partial charge in [-0.3, -0.25) is 9.59 Å². The van der Waals surface area contributed by atoms with Gasteiger partial charge in [-0.25, -0.2) is 0 Å². The van der Waals surface area contributed by atoms with E-state index in [9.17, 15) is 14.7 Å². The first kappa shape index (κ1) is 12.3. The van der Waals surface area contributed by atoms with Crippen LogP contribution < -0.4 is 5.32 Å². The van der Waals surface area contributed by atoms with E-state index in [1.165, 1.54) is 16.7 Å². The lowest BCUT2D eigenvalue weighted by Gasteiger charge is -2.15. The van der Waals surface area contributed by atoms with Crippen LogP contribution in [0.1, 0.15) is 13.3 Å². The summed E-state index contributed by atoms with van der Waals surface area (Å²) in [5, 5.41) is 11.8. The van der Waals surface area contributed by atoms with Crippen LogP contribution in [0.5, 0.6) is 0 Å². The van der Waals surface area contributed by atoms with Gasteiger partial charge in [-0.15, -0.1) is 11.8 Å². The molecule has 1 heterocycles. The van der Waals surface area contributed by atoms with E-state index in [1.54, 1.807) is 0 Å². The van der Waals surface area contributed by atoms with Gasteiger partial charge in [-0.1, -0.05) is 6.92 Å². The van der Waals surface area contributed by atoms with E-state index in [4.69, 9.17) is 0 Å². The minimum atomic E-state index is -0.502. The number of nitrogens with one attached hydrogen (secondary N) is 1. The van der Waals surface area contributed by atoms with Crippen LogP contribution in [0, 0.1) is 0 Å². The summed E-state index contributed by atoms with van der Waals surface area (Å²) in [7, 11) is 0. The standard InChI is InChI=1S/C9H16N2O3S/c1-2-7(12)3-10-8(13)4-11-6-15-5-9(11)14/h7,12H,2-6H2,1H3,(H,10,13). The Kier molecular flexibility index (Phi) is 4.90. The van der Waals surface area contributed by atoms with Crippen LogP contribution in [0.15, 0.2) is 0 Å². The van der Waals surface area contributed by atoms with Crippen molar-refractivity contribution in [2.45, 2.75) is 19.4 Å². The van der Waals surface area contributed by atoms with E-state index in [2.05, 4.69) is 5.32 Å². The molecule has 86 valence electrons. The molecule has 1 aliphatic rings. The molecule has 2 N–H and O–H groups in total. The summed E-state index contributed by atoms with van der Waals surface area (Å²) >= 11 is 1.51. The Morgan fingerprint density at radius 1 is 1.73 bits per heavy atom. The van der Waals surface area contributed by atoms with Gasteiger partial charge in [0.15, 0.2) is 0 Å². The topological polar surface area (TPSA) is 69.6 Å². The second kappa shape index (κ2) is 5.97. The van der Waals surface area contributed by atoms with Gasteiger partial charge in [-0.2, -0.15) is 0 Å². The Bertz CT molecular complexity index is 248. The summed E-state index contributed by atoms with van der Waals surface area (Å²) in [5.74, 6) is 0.845. The fourth-order valence-corrected chi connectivity index (χ4v) is 2.05. The first-order valence-corrected chi connectivity index (χ1v) is 6.09. The second-order valence-corrected chi connectivity index (χ2v) is 4.39. The molecule has 6 heteroatoms. The quantitative estimate of drug-likeness (QED) is 0.664. The highest BCUT2D eigenvalue weighted by molar-refractivity contribution is 8.00. The number of carbonyl (C=O) groups excluding carboxylic acids is 2. The molecule has 1 fully saturated rings. The number of hydrogen-bond acceptors (Lipinski definition) is 4. The summed E-state index contributed by atoms with van der Waals surface area (Å²) in [6, 6.07) is 0. The highest BCUT2D eigenvalue weighted by Gasteiger charge is 2.22. The fourth-order valence-electron chi connectivity index (χ4n) is 1.15. The maximum absolute atomic E-state index is 11.3. The van der Waals surface area contributed by atoms with Crippen LogP contribution in [0.4, 0.5) is 0 Å². The average molecular weight is 232 g/mol. The molecule has 1 rings (SSSR count). The fraction of sp³-hybridized carbons (Fsp3) is 0.778. The lowest BCUT2D eigenvalue weighted by atomic mass is 10.3. The summed E-state index contributed by atoms with van der Waals surface area (Å²) in [5.41, 5.74) is 0. The van der Waals surface area contributed by atoms with Gasteiger partial charge in [0.2, 0.25) is 11.8 Å². The number of rotatable bonds is 5. The Morgan fingerprint density at radius 2 is 2.47 bits per heavy atom. The average Bonchev–Trinajstić information content (AvgIpc) is 2.61. The van der Waals surface area contributed by atoms with Gasteiger partial charge in [0, 0.05) is 6.54 Å². The third-order valence-corrected chi connectivity index (χ3v) is 3.11. The molecule has 0 radical (unpaired) electrons. The third kappa shape index (κ3) is 4.09. The van der Waals surface area contributed by atoms with Crippen molar-refractivity contribution < 1.29 is 14.7 Å². The smallest absolute Gasteiger partial charge is 0.239 e. The number of thioether (sulfide) groups is 1. The Morgan fingerprint density at radius 3 is 3.00 bits per heavy atom. The zero-order valence-electron chi connectivity index (χ0n) is 8.73. The van der Waals surface area contributed by atoms with Crippen molar-refractivity contribution in [1.29, 1.82) is 0 Å². The summed E-state index contributed by atoms with van der Waals surface area (Å²) in [6.45, 7) is 2.20. The third-order valence-electron chi connectivity index (χ3n) is 2.17. The van der Waals surface area contributed by atoms with Crippen LogP contribution in [0.3, 0.4) is 0 Å². The molecule has 0 aromatic carbocycles. The number of amides is 2. The van der Waals surface area contributed by atoms with Crippen molar-refractivity contribution in [3.8, 4) is 0 Å². The molecule has 0 aromatic heterocycles. The van der Waals surface area contributed by atoms with Crippen LogP contribution in [-0.4, -0.2) is 52.6 Å². The monoisotopic (exact) mass is 232 g/mol. The molecular weight excluding hydrogens is 216 g/mol. The molecule has 0 spiro atoms. The molecule has 0 bridgehead atoms. The van der Waals surface area contributed by atoms with Gasteiger partial charge in [0.25, 0.3) is 0 Å². The maximum atomic E-state index is 11.3. The van der Waals surface area contributed by atoms with Crippen LogP contribution >= 0.6 is 11.8 Å². The first-order chi connectivity index (χ1) is 7.13. The van der Waals surface area contributed by atoms with E-state index >= 15 is 0 Å². The first-order valence-electron chi connectivity index (χ1n) is 4.93. The summed E-state index contributed by atoms with van der Waals surface area (Å²) in [6.07, 6.45) is 0.108. The molecule has 1 atom stereocenters. The highest BCUT2D eigenvalue weighted by atomic mass is 32.2. The van der Waals surface area contributed by atoms with E-state index in [0.29, 0.717) is 18.1 Å². The van der Waals surface area contributed by atoms with Crippen molar-refractivity contribution in [3.63, 3.8) is 0 Å². The number of carbonyl (C=O) groups is 2. The van der Waals surface area contributed by atoms with E-state index in [1.807, 2.05) is 6.92 Å². The molecule has 1 unspecified atom stereocenters. The predicted octanol–water partition coefficient (Wildman–Crippen LogP) is -0.594. The number of nitrogens with zero attached hydrogens (tertiary/aromatic N) is 1. The SMILES string of the molecule is CCC(O)CNC(=O)CN1CSCC1=O. The number of hydrogen-bond donors (Lipinski definition) is 2. The Hall–Kier alpha value is -0.750. The zero-order valence-corrected chi connectivity index (χ0v) is 9.55. The van der Waals surface area contributed by atoms with Crippen molar-refractivity contribution in [3.05, 3.63) is 0 Å². The number of aliphatic hydroxyl groups excluding tert-OH is 1. The normalized spacial score (nSPS) is 18.0. The van der Waals surface area contributed by atoms with Crippen LogP contribution in [-0.2, 0) is 9.59 Å².